The maximum absolute atomic E-state index is 5.92. The molecule has 0 atom stereocenters. The minimum absolute atomic E-state index is 0.142. The summed E-state index contributed by atoms with van der Waals surface area (Å²) in [5, 5.41) is 0. The van der Waals surface area contributed by atoms with Crippen LogP contribution in [0.3, 0.4) is 0 Å². The number of imidazole rings is 1. The van der Waals surface area contributed by atoms with Crippen LogP contribution >= 0.6 is 0 Å². The van der Waals surface area contributed by atoms with Crippen molar-refractivity contribution in [2.45, 2.75) is 32.2 Å². The summed E-state index contributed by atoms with van der Waals surface area (Å²) in [5.41, 5.74) is 7.74. The second kappa shape index (κ2) is 3.62. The molecule has 15 heavy (non-hydrogen) atoms. The Balaban J connectivity index is 2.16. The van der Waals surface area contributed by atoms with Gasteiger partial charge < -0.3 is 10.7 Å². The summed E-state index contributed by atoms with van der Waals surface area (Å²) >= 11 is 0. The molecule has 2 rings (SSSR count). The van der Waals surface area contributed by atoms with Crippen molar-refractivity contribution in [2.75, 3.05) is 0 Å². The lowest BCUT2D eigenvalue weighted by atomic mass is 10.0. The third-order valence-corrected chi connectivity index (χ3v) is 2.34. The fraction of sp³-hybridized carbons (Fsp3) is 0.455. The highest BCUT2D eigenvalue weighted by Crippen LogP contribution is 2.13. The fourth-order valence-electron chi connectivity index (χ4n) is 1.47. The number of rotatable bonds is 3. The van der Waals surface area contributed by atoms with Gasteiger partial charge in [0.1, 0.15) is 5.82 Å². The van der Waals surface area contributed by atoms with Crippen LogP contribution in [0.5, 0.6) is 0 Å². The molecule has 0 aliphatic heterocycles. The highest BCUT2D eigenvalue weighted by Gasteiger charge is 2.12. The molecule has 0 aromatic carbocycles. The number of hydrogen-bond acceptors (Lipinski definition) is 3. The molecule has 0 amide bonds. The standard InChI is InChI=1S/C11H16N4/c1-11(2,12)5-3-10-14-8-4-6-13-7-9(8)15-10/h4,6-7H,3,5,12H2,1-2H3,(H,14,15). The van der Waals surface area contributed by atoms with E-state index in [1.54, 1.807) is 12.4 Å². The van der Waals surface area contributed by atoms with Gasteiger partial charge in [-0.2, -0.15) is 0 Å². The smallest absolute Gasteiger partial charge is 0.107 e. The number of aromatic amines is 1. The summed E-state index contributed by atoms with van der Waals surface area (Å²) in [6.07, 6.45) is 5.33. The van der Waals surface area contributed by atoms with Gasteiger partial charge in [-0.1, -0.05) is 0 Å². The van der Waals surface area contributed by atoms with Gasteiger partial charge in [-0.05, 0) is 26.3 Å². The number of nitrogens with two attached hydrogens (primary N) is 1. The average molecular weight is 204 g/mol. The summed E-state index contributed by atoms with van der Waals surface area (Å²) in [4.78, 5) is 11.7. The number of aromatic nitrogens is 3. The van der Waals surface area contributed by atoms with Crippen molar-refractivity contribution in [1.29, 1.82) is 0 Å². The first-order chi connectivity index (χ1) is 7.04. The highest BCUT2D eigenvalue weighted by atomic mass is 14.9. The lowest BCUT2D eigenvalue weighted by Gasteiger charge is -2.16. The molecule has 0 aliphatic carbocycles. The molecule has 2 aromatic rings. The lowest BCUT2D eigenvalue weighted by Crippen LogP contribution is -2.32. The van der Waals surface area contributed by atoms with Crippen molar-refractivity contribution < 1.29 is 0 Å². The molecule has 0 saturated carbocycles. The first-order valence-corrected chi connectivity index (χ1v) is 5.12. The topological polar surface area (TPSA) is 67.6 Å². The number of aryl methyl sites for hydroxylation is 1. The molecule has 0 unspecified atom stereocenters. The predicted molar refractivity (Wildman–Crippen MR) is 60.5 cm³/mol. The van der Waals surface area contributed by atoms with Crippen molar-refractivity contribution in [1.82, 2.24) is 15.0 Å². The quantitative estimate of drug-likeness (QED) is 0.798. The summed E-state index contributed by atoms with van der Waals surface area (Å²) < 4.78 is 0. The van der Waals surface area contributed by atoms with Crippen LogP contribution in [0.15, 0.2) is 18.5 Å². The molecule has 3 N–H and O–H groups in total. The Morgan fingerprint density at radius 1 is 1.47 bits per heavy atom. The predicted octanol–water partition coefficient (Wildman–Crippen LogP) is 1.63. The zero-order chi connectivity index (χ0) is 10.9. The summed E-state index contributed by atoms with van der Waals surface area (Å²) in [5.74, 6) is 0.983. The Morgan fingerprint density at radius 2 is 2.27 bits per heavy atom. The minimum atomic E-state index is -0.142. The molecule has 0 bridgehead atoms. The van der Waals surface area contributed by atoms with E-state index in [0.29, 0.717) is 0 Å². The molecule has 0 spiro atoms. The van der Waals surface area contributed by atoms with E-state index in [-0.39, 0.29) is 5.54 Å². The van der Waals surface area contributed by atoms with Crippen LogP contribution in [-0.2, 0) is 6.42 Å². The third-order valence-electron chi connectivity index (χ3n) is 2.34. The van der Waals surface area contributed by atoms with E-state index >= 15 is 0 Å². The zero-order valence-corrected chi connectivity index (χ0v) is 9.12. The Labute approximate surface area is 88.9 Å². The first-order valence-electron chi connectivity index (χ1n) is 5.12. The van der Waals surface area contributed by atoms with Gasteiger partial charge in [-0.25, -0.2) is 4.98 Å². The second-order valence-corrected chi connectivity index (χ2v) is 4.56. The van der Waals surface area contributed by atoms with E-state index in [9.17, 15) is 0 Å². The summed E-state index contributed by atoms with van der Waals surface area (Å²) in [6.45, 7) is 4.05. The van der Waals surface area contributed by atoms with Gasteiger partial charge in [0.05, 0.1) is 17.2 Å². The Morgan fingerprint density at radius 3 is 2.93 bits per heavy atom. The normalized spacial score (nSPS) is 12.2. The molecule has 0 aliphatic rings. The molecule has 2 heterocycles. The van der Waals surface area contributed by atoms with Crippen molar-refractivity contribution >= 4 is 11.0 Å². The molecule has 2 aromatic heterocycles. The Hall–Kier alpha value is -1.42. The van der Waals surface area contributed by atoms with Crippen LogP contribution < -0.4 is 5.73 Å². The van der Waals surface area contributed by atoms with Crippen molar-refractivity contribution in [2.24, 2.45) is 5.73 Å². The van der Waals surface area contributed by atoms with E-state index in [2.05, 4.69) is 15.0 Å². The van der Waals surface area contributed by atoms with E-state index in [1.807, 2.05) is 19.9 Å². The minimum Gasteiger partial charge on any atom is -0.341 e. The first kappa shape index (κ1) is 10.1. The third kappa shape index (κ3) is 2.53. The Bertz CT molecular complexity index is 420. The maximum Gasteiger partial charge on any atom is 0.107 e. The summed E-state index contributed by atoms with van der Waals surface area (Å²) in [6, 6.07) is 1.91. The zero-order valence-electron chi connectivity index (χ0n) is 9.12. The van der Waals surface area contributed by atoms with Crippen molar-refractivity contribution in [3.05, 3.63) is 24.3 Å². The van der Waals surface area contributed by atoms with Crippen LogP contribution in [0.2, 0.25) is 0 Å². The number of nitrogens with one attached hydrogen (secondary N) is 1. The number of pyridine rings is 1. The van der Waals surface area contributed by atoms with Gasteiger partial charge in [0.15, 0.2) is 0 Å². The number of nitrogens with zero attached hydrogens (tertiary/aromatic N) is 2. The molecule has 0 fully saturated rings. The highest BCUT2D eigenvalue weighted by molar-refractivity contribution is 5.73. The number of hydrogen-bond donors (Lipinski definition) is 2. The van der Waals surface area contributed by atoms with Gasteiger partial charge in [-0.3, -0.25) is 4.98 Å². The molecular formula is C11H16N4. The summed E-state index contributed by atoms with van der Waals surface area (Å²) in [7, 11) is 0. The van der Waals surface area contributed by atoms with E-state index in [0.717, 1.165) is 29.7 Å². The van der Waals surface area contributed by atoms with Gasteiger partial charge in [0.25, 0.3) is 0 Å². The maximum atomic E-state index is 5.92. The lowest BCUT2D eigenvalue weighted by molar-refractivity contribution is 0.472. The van der Waals surface area contributed by atoms with Crippen LogP contribution in [0, 0.1) is 0 Å². The van der Waals surface area contributed by atoms with Crippen molar-refractivity contribution in [3.8, 4) is 0 Å². The van der Waals surface area contributed by atoms with Gasteiger partial charge in [-0.15, -0.1) is 0 Å². The molecule has 0 radical (unpaired) electrons. The van der Waals surface area contributed by atoms with Gasteiger partial charge in [0.2, 0.25) is 0 Å². The molecule has 80 valence electrons. The average Bonchev–Trinajstić information content (AvgIpc) is 2.56. The molecule has 0 saturated heterocycles. The molecule has 4 nitrogen and oxygen atoms in total. The van der Waals surface area contributed by atoms with Crippen LogP contribution in [0.25, 0.3) is 11.0 Å². The largest absolute Gasteiger partial charge is 0.341 e. The van der Waals surface area contributed by atoms with Crippen molar-refractivity contribution in [3.63, 3.8) is 0 Å². The second-order valence-electron chi connectivity index (χ2n) is 4.56. The molecular weight excluding hydrogens is 188 g/mol. The van der Waals surface area contributed by atoms with Gasteiger partial charge >= 0.3 is 0 Å². The van der Waals surface area contributed by atoms with Crippen LogP contribution in [0.1, 0.15) is 26.1 Å². The van der Waals surface area contributed by atoms with Gasteiger partial charge in [0, 0.05) is 18.2 Å². The fourth-order valence-corrected chi connectivity index (χ4v) is 1.47. The van der Waals surface area contributed by atoms with E-state index < -0.39 is 0 Å². The molecule has 4 heteroatoms. The SMILES string of the molecule is CC(C)(N)CCc1nc2ccncc2[nH]1. The van der Waals surface area contributed by atoms with Crippen LogP contribution in [-0.4, -0.2) is 20.5 Å². The van der Waals surface area contributed by atoms with E-state index in [4.69, 9.17) is 5.73 Å². The van der Waals surface area contributed by atoms with Crippen LogP contribution in [0.4, 0.5) is 0 Å². The number of H-pyrrole nitrogens is 1. The van der Waals surface area contributed by atoms with E-state index in [1.165, 1.54) is 0 Å². The number of fused-ring (bicyclic) bond motifs is 1. The Kier molecular flexibility index (Phi) is 2.44. The monoisotopic (exact) mass is 204 g/mol.